The molecule has 3 heteroatoms. The lowest BCUT2D eigenvalue weighted by Gasteiger charge is -2.01. The Labute approximate surface area is 54.5 Å². The Morgan fingerprint density at radius 3 is 2.67 bits per heavy atom. The van der Waals surface area contributed by atoms with Gasteiger partial charge in [-0.2, -0.15) is 0 Å². The Bertz CT molecular complexity index is 118. The zero-order valence-electron chi connectivity index (χ0n) is 5.59. The van der Waals surface area contributed by atoms with Gasteiger partial charge in [0.05, 0.1) is 12.4 Å². The molecule has 0 rings (SSSR count). The molecule has 0 bridgehead atoms. The molecule has 0 aliphatic heterocycles. The molecule has 0 unspecified atom stereocenters. The van der Waals surface area contributed by atoms with Crippen LogP contribution in [0.4, 0.5) is 0 Å². The van der Waals surface area contributed by atoms with E-state index in [9.17, 15) is 0 Å². The Kier molecular flexibility index (Phi) is 3.71. The Morgan fingerprint density at radius 1 is 1.78 bits per heavy atom. The van der Waals surface area contributed by atoms with E-state index in [1.807, 2.05) is 0 Å². The normalized spacial score (nSPS) is 14.8. The molecule has 0 heterocycles. The van der Waals surface area contributed by atoms with Gasteiger partial charge in [0.15, 0.2) is 6.40 Å². The third-order valence-corrected chi connectivity index (χ3v) is 0.981. The number of hydrogen-bond acceptors (Lipinski definition) is 3. The van der Waals surface area contributed by atoms with E-state index in [2.05, 4.69) is 4.74 Å². The number of aliphatic hydroxyl groups excluding tert-OH is 1. The van der Waals surface area contributed by atoms with Crippen molar-refractivity contribution in [2.75, 3.05) is 0 Å². The molecule has 0 aromatic heterocycles. The van der Waals surface area contributed by atoms with Gasteiger partial charge in [-0.05, 0) is 19.4 Å². The van der Waals surface area contributed by atoms with Crippen LogP contribution in [-0.4, -0.2) is 17.6 Å². The second-order valence-corrected chi connectivity index (χ2v) is 1.79. The highest BCUT2D eigenvalue weighted by Gasteiger charge is 1.95. The molecule has 0 aliphatic carbocycles. The maximum absolute atomic E-state index is 8.82. The van der Waals surface area contributed by atoms with E-state index in [4.69, 9.17) is 10.5 Å². The quantitative estimate of drug-likeness (QED) is 0.338. The molecule has 52 valence electrons. The van der Waals surface area contributed by atoms with Gasteiger partial charge in [0.1, 0.15) is 0 Å². The van der Waals surface area contributed by atoms with Crippen molar-refractivity contribution in [1.29, 1.82) is 5.41 Å². The molecule has 0 aromatic rings. The molecule has 2 N–H and O–H groups in total. The maximum atomic E-state index is 8.82. The first-order valence-electron chi connectivity index (χ1n) is 2.67. The van der Waals surface area contributed by atoms with Crippen molar-refractivity contribution in [2.24, 2.45) is 0 Å². The van der Waals surface area contributed by atoms with Crippen molar-refractivity contribution in [3.05, 3.63) is 11.8 Å². The van der Waals surface area contributed by atoms with Gasteiger partial charge in [0.25, 0.3) is 0 Å². The van der Waals surface area contributed by atoms with E-state index in [-0.39, 0.29) is 0 Å². The van der Waals surface area contributed by atoms with E-state index in [1.54, 1.807) is 13.8 Å². The molecule has 1 atom stereocenters. The number of rotatable bonds is 3. The Hall–Kier alpha value is -0.830. The highest BCUT2D eigenvalue weighted by atomic mass is 16.5. The molecule has 0 saturated heterocycles. The van der Waals surface area contributed by atoms with Crippen molar-refractivity contribution in [3.8, 4) is 0 Å². The summed E-state index contributed by atoms with van der Waals surface area (Å²) in [6, 6.07) is 0. The van der Waals surface area contributed by atoms with Crippen LogP contribution in [0.5, 0.6) is 0 Å². The fourth-order valence-corrected chi connectivity index (χ4v) is 0.240. The van der Waals surface area contributed by atoms with Gasteiger partial charge < -0.3 is 9.84 Å². The molecule has 0 spiro atoms. The SMILES string of the molecule is C/C(=C\OC=N)[C@H](C)O. The van der Waals surface area contributed by atoms with Crippen molar-refractivity contribution in [1.82, 2.24) is 0 Å². The zero-order valence-corrected chi connectivity index (χ0v) is 5.59. The fourth-order valence-electron chi connectivity index (χ4n) is 0.240. The first-order valence-corrected chi connectivity index (χ1v) is 2.67. The third kappa shape index (κ3) is 3.73. The molecule has 3 nitrogen and oxygen atoms in total. The number of nitrogens with one attached hydrogen (secondary N) is 1. The van der Waals surface area contributed by atoms with Gasteiger partial charge in [0.2, 0.25) is 0 Å². The highest BCUT2D eigenvalue weighted by Crippen LogP contribution is 1.98. The summed E-state index contributed by atoms with van der Waals surface area (Å²) in [6.07, 6.45) is 1.66. The summed E-state index contributed by atoms with van der Waals surface area (Å²) < 4.78 is 4.48. The first kappa shape index (κ1) is 8.17. The lowest BCUT2D eigenvalue weighted by molar-refractivity contribution is 0.227. The number of ether oxygens (including phenoxy) is 1. The summed E-state index contributed by atoms with van der Waals surface area (Å²) in [5.41, 5.74) is 0.707. The van der Waals surface area contributed by atoms with Gasteiger partial charge in [-0.1, -0.05) is 0 Å². The first-order chi connectivity index (χ1) is 4.18. The van der Waals surface area contributed by atoms with Crippen LogP contribution in [0.15, 0.2) is 11.8 Å². The molecule has 0 radical (unpaired) electrons. The minimum absolute atomic E-state index is 0.495. The third-order valence-electron chi connectivity index (χ3n) is 0.981. The van der Waals surface area contributed by atoms with Crippen LogP contribution in [-0.2, 0) is 4.74 Å². The van der Waals surface area contributed by atoms with Gasteiger partial charge >= 0.3 is 0 Å². The molecule has 0 saturated carbocycles. The van der Waals surface area contributed by atoms with Gasteiger partial charge in [-0.3, -0.25) is 5.41 Å². The molecular formula is C6H11NO2. The summed E-state index contributed by atoms with van der Waals surface area (Å²) in [7, 11) is 0. The zero-order chi connectivity index (χ0) is 7.28. The van der Waals surface area contributed by atoms with Gasteiger partial charge in [-0.15, -0.1) is 0 Å². The second-order valence-electron chi connectivity index (χ2n) is 1.79. The van der Waals surface area contributed by atoms with E-state index >= 15 is 0 Å². The Balaban J connectivity index is 3.68. The summed E-state index contributed by atoms with van der Waals surface area (Å²) in [5.74, 6) is 0. The summed E-state index contributed by atoms with van der Waals surface area (Å²) >= 11 is 0. The molecule has 0 amide bonds. The van der Waals surface area contributed by atoms with Crippen molar-refractivity contribution in [2.45, 2.75) is 20.0 Å². The standard InChI is InChI=1S/C6H11NO2/c1-5(6(2)8)3-9-4-7/h3-4,6-8H,1-2H3/b5-3+,7-4?/t6-/m0/s1. The lowest BCUT2D eigenvalue weighted by Crippen LogP contribution is -2.00. The minimum Gasteiger partial charge on any atom is -0.454 e. The van der Waals surface area contributed by atoms with E-state index in [0.717, 1.165) is 6.40 Å². The van der Waals surface area contributed by atoms with Gasteiger partial charge in [-0.25, -0.2) is 0 Å². The summed E-state index contributed by atoms with van der Waals surface area (Å²) in [6.45, 7) is 3.37. The smallest absolute Gasteiger partial charge is 0.172 e. The molecule has 0 aromatic carbocycles. The van der Waals surface area contributed by atoms with Crippen LogP contribution in [0, 0.1) is 5.41 Å². The highest BCUT2D eigenvalue weighted by molar-refractivity contribution is 5.42. The topological polar surface area (TPSA) is 53.3 Å². The molecule has 0 aliphatic rings. The van der Waals surface area contributed by atoms with Gasteiger partial charge in [0, 0.05) is 0 Å². The van der Waals surface area contributed by atoms with Crippen LogP contribution < -0.4 is 0 Å². The van der Waals surface area contributed by atoms with E-state index in [0.29, 0.717) is 5.57 Å². The van der Waals surface area contributed by atoms with E-state index in [1.165, 1.54) is 6.26 Å². The Morgan fingerprint density at radius 2 is 2.33 bits per heavy atom. The van der Waals surface area contributed by atoms with Crippen LogP contribution in [0.2, 0.25) is 0 Å². The van der Waals surface area contributed by atoms with Crippen LogP contribution in [0.3, 0.4) is 0 Å². The van der Waals surface area contributed by atoms with Crippen molar-refractivity contribution >= 4 is 6.40 Å². The van der Waals surface area contributed by atoms with Crippen LogP contribution >= 0.6 is 0 Å². The molecular weight excluding hydrogens is 118 g/mol. The minimum atomic E-state index is -0.495. The summed E-state index contributed by atoms with van der Waals surface area (Å²) in [5, 5.41) is 15.3. The van der Waals surface area contributed by atoms with Crippen LogP contribution in [0.1, 0.15) is 13.8 Å². The monoisotopic (exact) mass is 129 g/mol. The fraction of sp³-hybridized carbons (Fsp3) is 0.500. The van der Waals surface area contributed by atoms with Crippen molar-refractivity contribution < 1.29 is 9.84 Å². The van der Waals surface area contributed by atoms with Crippen molar-refractivity contribution in [3.63, 3.8) is 0 Å². The maximum Gasteiger partial charge on any atom is 0.172 e. The summed E-state index contributed by atoms with van der Waals surface area (Å²) in [4.78, 5) is 0. The predicted octanol–water partition coefficient (Wildman–Crippen LogP) is 0.895. The largest absolute Gasteiger partial charge is 0.454 e. The predicted molar refractivity (Wildman–Crippen MR) is 35.3 cm³/mol. The average molecular weight is 129 g/mol. The van der Waals surface area contributed by atoms with E-state index < -0.39 is 6.10 Å². The number of hydrogen-bond donors (Lipinski definition) is 2. The molecule has 9 heavy (non-hydrogen) atoms. The molecule has 0 fully saturated rings. The van der Waals surface area contributed by atoms with Crippen LogP contribution in [0.25, 0.3) is 0 Å². The second kappa shape index (κ2) is 4.09. The lowest BCUT2D eigenvalue weighted by atomic mass is 10.2. The average Bonchev–Trinajstić information content (AvgIpc) is 1.82. The number of aliphatic hydroxyl groups is 1.